The Labute approximate surface area is 168 Å². The Balaban J connectivity index is 1.47. The highest BCUT2D eigenvalue weighted by atomic mass is 16.5. The number of fused-ring (bicyclic) bond motifs is 1. The molecule has 2 fully saturated rings. The normalized spacial score (nSPS) is 17.5. The van der Waals surface area contributed by atoms with Crippen molar-refractivity contribution in [2.24, 2.45) is 0 Å². The van der Waals surface area contributed by atoms with E-state index >= 15 is 0 Å². The van der Waals surface area contributed by atoms with E-state index < -0.39 is 0 Å². The lowest BCUT2D eigenvalue weighted by Gasteiger charge is -2.23. The number of aromatic nitrogens is 3. The van der Waals surface area contributed by atoms with Crippen molar-refractivity contribution in [2.45, 2.75) is 63.5 Å². The van der Waals surface area contributed by atoms with Crippen molar-refractivity contribution < 1.29 is 9.32 Å². The zero-order chi connectivity index (χ0) is 19.8. The molecule has 3 aromatic rings. The number of rotatable bonds is 5. The molecule has 0 unspecified atom stereocenters. The molecule has 2 aliphatic carbocycles. The zero-order valence-electron chi connectivity index (χ0n) is 16.3. The minimum Gasteiger partial charge on any atom is -0.352 e. The molecule has 0 radical (unpaired) electrons. The second-order valence-electron chi connectivity index (χ2n) is 8.13. The number of hydrogen-bond acceptors (Lipinski definition) is 5. The van der Waals surface area contributed by atoms with Gasteiger partial charge in [-0.2, -0.15) is 4.98 Å². The average Bonchev–Trinajstić information content (AvgIpc) is 3.47. The molecule has 0 aliphatic heterocycles. The molecule has 0 spiro atoms. The van der Waals surface area contributed by atoms with Gasteiger partial charge in [0.2, 0.25) is 5.91 Å². The highest BCUT2D eigenvalue weighted by Gasteiger charge is 2.29. The number of nitrogens with one attached hydrogen (secondary N) is 1. The van der Waals surface area contributed by atoms with Gasteiger partial charge in [-0.3, -0.25) is 14.2 Å². The topological polar surface area (TPSA) is 90.0 Å². The predicted octanol–water partition coefficient (Wildman–Crippen LogP) is 3.38. The van der Waals surface area contributed by atoms with E-state index in [0.29, 0.717) is 28.7 Å². The van der Waals surface area contributed by atoms with Crippen LogP contribution in [0.5, 0.6) is 0 Å². The van der Waals surface area contributed by atoms with Crippen molar-refractivity contribution >= 4 is 16.8 Å². The van der Waals surface area contributed by atoms with E-state index in [2.05, 4.69) is 15.5 Å². The van der Waals surface area contributed by atoms with E-state index in [1.54, 1.807) is 0 Å². The summed E-state index contributed by atoms with van der Waals surface area (Å²) in [6.45, 7) is 0.00723. The van der Waals surface area contributed by atoms with Gasteiger partial charge in [-0.25, -0.2) is 0 Å². The van der Waals surface area contributed by atoms with Crippen LogP contribution in [0.25, 0.3) is 22.4 Å². The van der Waals surface area contributed by atoms with Crippen LogP contribution in [0, 0.1) is 0 Å². The maximum atomic E-state index is 12.9. The predicted molar refractivity (Wildman–Crippen MR) is 108 cm³/mol. The van der Waals surface area contributed by atoms with E-state index in [0.717, 1.165) is 43.9 Å². The van der Waals surface area contributed by atoms with Crippen molar-refractivity contribution in [1.29, 1.82) is 0 Å². The third-order valence-corrected chi connectivity index (χ3v) is 5.91. The van der Waals surface area contributed by atoms with Gasteiger partial charge in [-0.1, -0.05) is 42.6 Å². The SMILES string of the molecule is O=C(Cn1c(=O)cc(-c2nc(C3CC3)no2)c2ccccc21)NC1CCCCC1. The number of amides is 1. The number of carbonyl (C=O) groups is 1. The maximum absolute atomic E-state index is 12.9. The van der Waals surface area contributed by atoms with Gasteiger partial charge in [0.1, 0.15) is 6.54 Å². The Morgan fingerprint density at radius 2 is 1.93 bits per heavy atom. The molecule has 0 atom stereocenters. The molecule has 1 N–H and O–H groups in total. The first kappa shape index (κ1) is 18.1. The molecule has 7 nitrogen and oxygen atoms in total. The molecule has 0 saturated heterocycles. The van der Waals surface area contributed by atoms with Gasteiger partial charge < -0.3 is 9.84 Å². The molecule has 1 amide bonds. The van der Waals surface area contributed by atoms with E-state index in [9.17, 15) is 9.59 Å². The molecule has 7 heteroatoms. The second-order valence-corrected chi connectivity index (χ2v) is 8.13. The van der Waals surface area contributed by atoms with Gasteiger partial charge in [-0.05, 0) is 31.7 Å². The first-order valence-electron chi connectivity index (χ1n) is 10.4. The highest BCUT2D eigenvalue weighted by Crippen LogP contribution is 2.39. The summed E-state index contributed by atoms with van der Waals surface area (Å²) in [5, 5.41) is 7.98. The van der Waals surface area contributed by atoms with Crippen LogP contribution >= 0.6 is 0 Å². The lowest BCUT2D eigenvalue weighted by molar-refractivity contribution is -0.122. The quantitative estimate of drug-likeness (QED) is 0.719. The van der Waals surface area contributed by atoms with Crippen LogP contribution in [-0.4, -0.2) is 26.7 Å². The molecule has 2 heterocycles. The van der Waals surface area contributed by atoms with Crippen LogP contribution in [0.1, 0.15) is 56.7 Å². The molecule has 150 valence electrons. The lowest BCUT2D eigenvalue weighted by Crippen LogP contribution is -2.39. The summed E-state index contributed by atoms with van der Waals surface area (Å²) in [5.74, 6) is 1.33. The van der Waals surface area contributed by atoms with Gasteiger partial charge in [0, 0.05) is 23.4 Å². The third kappa shape index (κ3) is 3.69. The van der Waals surface area contributed by atoms with Gasteiger partial charge >= 0.3 is 0 Å². The number of nitrogens with zero attached hydrogens (tertiary/aromatic N) is 3. The van der Waals surface area contributed by atoms with Gasteiger partial charge in [0.25, 0.3) is 11.4 Å². The van der Waals surface area contributed by atoms with Crippen LogP contribution < -0.4 is 10.9 Å². The first-order valence-corrected chi connectivity index (χ1v) is 10.4. The Morgan fingerprint density at radius 1 is 1.14 bits per heavy atom. The lowest BCUT2D eigenvalue weighted by atomic mass is 9.95. The summed E-state index contributed by atoms with van der Waals surface area (Å²) in [4.78, 5) is 30.0. The van der Waals surface area contributed by atoms with Crippen molar-refractivity contribution in [1.82, 2.24) is 20.0 Å². The minimum absolute atomic E-state index is 0.00723. The van der Waals surface area contributed by atoms with Crippen molar-refractivity contribution in [2.75, 3.05) is 0 Å². The summed E-state index contributed by atoms with van der Waals surface area (Å²) in [7, 11) is 0. The molecule has 29 heavy (non-hydrogen) atoms. The van der Waals surface area contributed by atoms with Crippen molar-refractivity contribution in [3.63, 3.8) is 0 Å². The molecule has 2 saturated carbocycles. The fourth-order valence-corrected chi connectivity index (χ4v) is 4.19. The van der Waals surface area contributed by atoms with Gasteiger partial charge in [0.15, 0.2) is 5.82 Å². The number of carbonyl (C=O) groups excluding carboxylic acids is 1. The standard InChI is InChI=1S/C22H24N4O3/c27-19(23-15-6-2-1-3-7-15)13-26-18-9-5-4-8-16(18)17(12-20(26)28)22-24-21(25-29-22)14-10-11-14/h4-5,8-9,12,14-15H,1-3,6-7,10-11,13H2,(H,23,27). The van der Waals surface area contributed by atoms with Gasteiger partial charge in [-0.15, -0.1) is 0 Å². The molecule has 1 aromatic carbocycles. The largest absolute Gasteiger partial charge is 0.352 e. The molecular formula is C22H24N4O3. The smallest absolute Gasteiger partial charge is 0.258 e. The van der Waals surface area contributed by atoms with Crippen LogP contribution in [-0.2, 0) is 11.3 Å². The van der Waals surface area contributed by atoms with Crippen LogP contribution in [0.3, 0.4) is 0 Å². The molecule has 2 aliphatic rings. The fourth-order valence-electron chi connectivity index (χ4n) is 4.19. The molecule has 5 rings (SSSR count). The Morgan fingerprint density at radius 3 is 2.72 bits per heavy atom. The Kier molecular flexibility index (Phi) is 4.66. The minimum atomic E-state index is -0.247. The maximum Gasteiger partial charge on any atom is 0.258 e. The Hall–Kier alpha value is -2.96. The highest BCUT2D eigenvalue weighted by molar-refractivity contribution is 5.93. The zero-order valence-corrected chi connectivity index (χ0v) is 16.3. The first-order chi connectivity index (χ1) is 14.2. The third-order valence-electron chi connectivity index (χ3n) is 5.91. The van der Waals surface area contributed by atoms with E-state index in [-0.39, 0.29) is 24.1 Å². The summed E-state index contributed by atoms with van der Waals surface area (Å²) >= 11 is 0. The van der Waals surface area contributed by atoms with Crippen LogP contribution in [0.15, 0.2) is 39.6 Å². The van der Waals surface area contributed by atoms with E-state index in [1.165, 1.54) is 17.1 Å². The molecule has 2 aromatic heterocycles. The second kappa shape index (κ2) is 7.46. The summed E-state index contributed by atoms with van der Waals surface area (Å²) < 4.78 is 6.97. The monoisotopic (exact) mass is 392 g/mol. The van der Waals surface area contributed by atoms with E-state index in [1.807, 2.05) is 24.3 Å². The molecule has 0 bridgehead atoms. The summed E-state index contributed by atoms with van der Waals surface area (Å²) in [6, 6.07) is 9.26. The van der Waals surface area contributed by atoms with Crippen molar-refractivity contribution in [3.05, 3.63) is 46.5 Å². The number of pyridine rings is 1. The summed E-state index contributed by atoms with van der Waals surface area (Å²) in [5.41, 5.74) is 1.07. The van der Waals surface area contributed by atoms with Crippen LogP contribution in [0.4, 0.5) is 0 Å². The Bertz CT molecular complexity index is 1110. The number of hydrogen-bond donors (Lipinski definition) is 1. The van der Waals surface area contributed by atoms with Crippen LogP contribution in [0.2, 0.25) is 0 Å². The molecular weight excluding hydrogens is 368 g/mol. The van der Waals surface area contributed by atoms with E-state index in [4.69, 9.17) is 4.52 Å². The van der Waals surface area contributed by atoms with Crippen molar-refractivity contribution in [3.8, 4) is 11.5 Å². The van der Waals surface area contributed by atoms with Gasteiger partial charge in [0.05, 0.1) is 11.1 Å². The number of para-hydroxylation sites is 1. The summed E-state index contributed by atoms with van der Waals surface area (Å²) in [6.07, 6.45) is 7.72. The average molecular weight is 392 g/mol. The number of benzene rings is 1. The fraction of sp³-hybridized carbons (Fsp3) is 0.455.